The predicted molar refractivity (Wildman–Crippen MR) is 96.5 cm³/mol. The van der Waals surface area contributed by atoms with Crippen LogP contribution in [0.15, 0.2) is 5.38 Å². The first kappa shape index (κ1) is 21.6. The highest BCUT2D eigenvalue weighted by molar-refractivity contribution is 7.09. The van der Waals surface area contributed by atoms with Crippen LogP contribution in [-0.4, -0.2) is 48.5 Å². The smallest absolute Gasteiger partial charge is 0.270 e. The molecule has 22 heavy (non-hydrogen) atoms. The van der Waals surface area contributed by atoms with Crippen molar-refractivity contribution in [3.63, 3.8) is 0 Å². The van der Waals surface area contributed by atoms with E-state index in [0.717, 1.165) is 37.0 Å². The maximum absolute atomic E-state index is 12.0. The van der Waals surface area contributed by atoms with Crippen molar-refractivity contribution < 1.29 is 4.79 Å². The molecule has 1 saturated heterocycles. The monoisotopic (exact) mass is 368 g/mol. The second-order valence-electron chi connectivity index (χ2n) is 5.47. The third-order valence-electron chi connectivity index (χ3n) is 3.60. The highest BCUT2D eigenvalue weighted by Crippen LogP contribution is 2.14. The van der Waals surface area contributed by atoms with Gasteiger partial charge in [0.2, 0.25) is 0 Å². The van der Waals surface area contributed by atoms with Gasteiger partial charge < -0.3 is 16.0 Å². The first-order valence-electron chi connectivity index (χ1n) is 7.34. The van der Waals surface area contributed by atoms with Crippen LogP contribution in [0.25, 0.3) is 0 Å². The molecule has 1 fully saturated rings. The summed E-state index contributed by atoms with van der Waals surface area (Å²) < 4.78 is 0. The molecule has 0 radical (unpaired) electrons. The number of piperidine rings is 1. The van der Waals surface area contributed by atoms with Crippen LogP contribution in [0.4, 0.5) is 0 Å². The van der Waals surface area contributed by atoms with Gasteiger partial charge in [0, 0.05) is 31.4 Å². The lowest BCUT2D eigenvalue weighted by Crippen LogP contribution is -2.40. The summed E-state index contributed by atoms with van der Waals surface area (Å²) in [5.74, 6) is 0.700. The van der Waals surface area contributed by atoms with Crippen LogP contribution in [0.2, 0.25) is 0 Å². The van der Waals surface area contributed by atoms with Gasteiger partial charge in [0.1, 0.15) is 5.69 Å². The maximum atomic E-state index is 12.0. The van der Waals surface area contributed by atoms with Gasteiger partial charge in [-0.3, -0.25) is 4.79 Å². The SMILES string of the molecule is CC1CCCN(CCNC(=O)c2csc(CCN)n2)C1.Cl.Cl. The molecular weight excluding hydrogens is 343 g/mol. The molecular formula is C14H26Cl2N4OS. The van der Waals surface area contributed by atoms with Crippen molar-refractivity contribution in [1.82, 2.24) is 15.2 Å². The number of likely N-dealkylation sites (tertiary alicyclic amines) is 1. The van der Waals surface area contributed by atoms with E-state index in [9.17, 15) is 4.79 Å². The number of aromatic nitrogens is 1. The summed E-state index contributed by atoms with van der Waals surface area (Å²) in [4.78, 5) is 18.7. The van der Waals surface area contributed by atoms with Gasteiger partial charge in [0.15, 0.2) is 0 Å². The number of hydrogen-bond acceptors (Lipinski definition) is 5. The molecule has 0 aliphatic carbocycles. The lowest BCUT2D eigenvalue weighted by Gasteiger charge is -2.30. The molecule has 5 nitrogen and oxygen atoms in total. The number of hydrogen-bond donors (Lipinski definition) is 2. The van der Waals surface area contributed by atoms with Crippen LogP contribution < -0.4 is 11.1 Å². The number of carbonyl (C=O) groups is 1. The molecule has 1 atom stereocenters. The number of amides is 1. The Morgan fingerprint density at radius 1 is 1.55 bits per heavy atom. The van der Waals surface area contributed by atoms with Gasteiger partial charge in [-0.2, -0.15) is 0 Å². The first-order valence-corrected chi connectivity index (χ1v) is 8.22. The summed E-state index contributed by atoms with van der Waals surface area (Å²) >= 11 is 1.50. The van der Waals surface area contributed by atoms with E-state index in [1.165, 1.54) is 24.2 Å². The average molecular weight is 369 g/mol. The average Bonchev–Trinajstić information content (AvgIpc) is 2.88. The van der Waals surface area contributed by atoms with Crippen molar-refractivity contribution in [2.75, 3.05) is 32.7 Å². The Morgan fingerprint density at radius 3 is 3.00 bits per heavy atom. The summed E-state index contributed by atoms with van der Waals surface area (Å²) in [5, 5.41) is 5.69. The number of rotatable bonds is 6. The highest BCUT2D eigenvalue weighted by Gasteiger charge is 2.16. The number of carbonyl (C=O) groups excluding carboxylic acids is 1. The molecule has 1 aliphatic heterocycles. The Labute approximate surface area is 148 Å². The van der Waals surface area contributed by atoms with E-state index >= 15 is 0 Å². The molecule has 128 valence electrons. The number of nitrogens with two attached hydrogens (primary N) is 1. The zero-order chi connectivity index (χ0) is 14.4. The van der Waals surface area contributed by atoms with E-state index in [0.29, 0.717) is 18.8 Å². The summed E-state index contributed by atoms with van der Waals surface area (Å²) in [6.07, 6.45) is 3.33. The van der Waals surface area contributed by atoms with Crippen molar-refractivity contribution in [3.8, 4) is 0 Å². The highest BCUT2D eigenvalue weighted by atomic mass is 35.5. The van der Waals surface area contributed by atoms with Crippen LogP contribution in [0.3, 0.4) is 0 Å². The van der Waals surface area contributed by atoms with Crippen molar-refractivity contribution in [3.05, 3.63) is 16.1 Å². The number of nitrogens with one attached hydrogen (secondary N) is 1. The lowest BCUT2D eigenvalue weighted by molar-refractivity contribution is 0.0939. The van der Waals surface area contributed by atoms with Crippen molar-refractivity contribution >= 4 is 42.1 Å². The Hall–Kier alpha value is -0.400. The van der Waals surface area contributed by atoms with Gasteiger partial charge in [-0.15, -0.1) is 36.2 Å². The topological polar surface area (TPSA) is 71.2 Å². The molecule has 3 N–H and O–H groups in total. The van der Waals surface area contributed by atoms with E-state index in [-0.39, 0.29) is 30.7 Å². The van der Waals surface area contributed by atoms with Crippen LogP contribution in [0.5, 0.6) is 0 Å². The number of thiazole rings is 1. The minimum absolute atomic E-state index is 0. The second kappa shape index (κ2) is 11.2. The first-order chi connectivity index (χ1) is 9.69. The third-order valence-corrected chi connectivity index (χ3v) is 4.51. The van der Waals surface area contributed by atoms with Gasteiger partial charge in [-0.25, -0.2) is 4.98 Å². The maximum Gasteiger partial charge on any atom is 0.270 e. The quantitative estimate of drug-likeness (QED) is 0.804. The summed E-state index contributed by atoms with van der Waals surface area (Å²) in [6.45, 7) is 6.77. The van der Waals surface area contributed by atoms with Crippen LogP contribution in [-0.2, 0) is 6.42 Å². The molecule has 2 heterocycles. The standard InChI is InChI=1S/C14H24N4OS.2ClH/c1-11-3-2-7-18(9-11)8-6-16-14(19)12-10-20-13(17-12)4-5-15;;/h10-11H,2-9,15H2,1H3,(H,16,19);2*1H. The van der Waals surface area contributed by atoms with Crippen LogP contribution in [0.1, 0.15) is 35.3 Å². The van der Waals surface area contributed by atoms with Crippen molar-refractivity contribution in [2.24, 2.45) is 11.7 Å². The summed E-state index contributed by atoms with van der Waals surface area (Å²) in [6, 6.07) is 0. The molecule has 1 aromatic rings. The minimum atomic E-state index is -0.0745. The second-order valence-corrected chi connectivity index (χ2v) is 6.41. The molecule has 0 saturated carbocycles. The minimum Gasteiger partial charge on any atom is -0.349 e. The Morgan fingerprint density at radius 2 is 2.32 bits per heavy atom. The van der Waals surface area contributed by atoms with Gasteiger partial charge >= 0.3 is 0 Å². The molecule has 1 aromatic heterocycles. The molecule has 1 aliphatic rings. The van der Waals surface area contributed by atoms with Crippen molar-refractivity contribution in [2.45, 2.75) is 26.2 Å². The normalized spacial score (nSPS) is 18.2. The molecule has 1 amide bonds. The fourth-order valence-electron chi connectivity index (χ4n) is 2.56. The van der Waals surface area contributed by atoms with Gasteiger partial charge in [0.05, 0.1) is 5.01 Å². The molecule has 8 heteroatoms. The fourth-order valence-corrected chi connectivity index (χ4v) is 3.36. The Bertz CT molecular complexity index is 444. The van der Waals surface area contributed by atoms with Gasteiger partial charge in [-0.1, -0.05) is 6.92 Å². The van der Waals surface area contributed by atoms with E-state index in [1.54, 1.807) is 0 Å². The largest absolute Gasteiger partial charge is 0.349 e. The summed E-state index contributed by atoms with van der Waals surface area (Å²) in [5.41, 5.74) is 6.00. The third kappa shape index (κ3) is 6.79. The molecule has 0 spiro atoms. The lowest BCUT2D eigenvalue weighted by atomic mass is 10.0. The summed E-state index contributed by atoms with van der Waals surface area (Å²) in [7, 11) is 0. The van der Waals surface area contributed by atoms with Gasteiger partial charge in [-0.05, 0) is 31.8 Å². The van der Waals surface area contributed by atoms with E-state index in [2.05, 4.69) is 22.1 Å². The van der Waals surface area contributed by atoms with Crippen molar-refractivity contribution in [1.29, 1.82) is 0 Å². The van der Waals surface area contributed by atoms with E-state index in [4.69, 9.17) is 5.73 Å². The number of nitrogens with zero attached hydrogens (tertiary/aromatic N) is 2. The number of halogens is 2. The zero-order valence-corrected chi connectivity index (χ0v) is 15.4. The predicted octanol–water partition coefficient (Wildman–Crippen LogP) is 1.95. The molecule has 0 bridgehead atoms. The van der Waals surface area contributed by atoms with Crippen LogP contribution >= 0.6 is 36.2 Å². The zero-order valence-electron chi connectivity index (χ0n) is 12.9. The fraction of sp³-hybridized carbons (Fsp3) is 0.714. The molecule has 0 aromatic carbocycles. The van der Waals surface area contributed by atoms with Crippen LogP contribution in [0, 0.1) is 5.92 Å². The Kier molecular flexibility index (Phi) is 11.0. The Balaban J connectivity index is 0.00000220. The van der Waals surface area contributed by atoms with E-state index < -0.39 is 0 Å². The van der Waals surface area contributed by atoms with E-state index in [1.807, 2.05) is 5.38 Å². The molecule has 2 rings (SSSR count). The van der Waals surface area contributed by atoms with Gasteiger partial charge in [0.25, 0.3) is 5.91 Å². The molecule has 1 unspecified atom stereocenters.